The molecule has 2 nitrogen and oxygen atoms in total. The molecule has 1 aromatic rings. The second kappa shape index (κ2) is 5.72. The van der Waals surface area contributed by atoms with E-state index in [0.29, 0.717) is 24.2 Å². The van der Waals surface area contributed by atoms with E-state index < -0.39 is 6.17 Å². The van der Waals surface area contributed by atoms with Gasteiger partial charge in [0.15, 0.2) is 0 Å². The second-order valence-electron chi connectivity index (χ2n) is 8.81. The third-order valence-electron chi connectivity index (χ3n) is 7.22. The van der Waals surface area contributed by atoms with Crippen LogP contribution in [0.3, 0.4) is 0 Å². The van der Waals surface area contributed by atoms with Gasteiger partial charge in [0.1, 0.15) is 11.9 Å². The summed E-state index contributed by atoms with van der Waals surface area (Å²) in [5.74, 6) is 1.43. The molecule has 132 valence electrons. The summed E-state index contributed by atoms with van der Waals surface area (Å²) < 4.78 is 15.4. The molecule has 0 amide bonds. The van der Waals surface area contributed by atoms with E-state index in [-0.39, 0.29) is 23.2 Å². The minimum atomic E-state index is -0.843. The maximum atomic E-state index is 15.4. The number of aliphatic hydroxyl groups excluding tert-OH is 1. The Labute approximate surface area is 144 Å². The molecule has 3 aliphatic rings. The van der Waals surface area contributed by atoms with Crippen LogP contribution in [0.4, 0.5) is 4.39 Å². The first kappa shape index (κ1) is 16.4. The highest BCUT2D eigenvalue weighted by atomic mass is 19.1. The lowest BCUT2D eigenvalue weighted by atomic mass is 9.52. The van der Waals surface area contributed by atoms with Crippen molar-refractivity contribution in [3.8, 4) is 5.75 Å². The predicted molar refractivity (Wildman–Crippen MR) is 92.8 cm³/mol. The molecule has 0 bridgehead atoms. The smallest absolute Gasteiger partial charge is 0.115 e. The highest BCUT2D eigenvalue weighted by Crippen LogP contribution is 2.63. The van der Waals surface area contributed by atoms with Gasteiger partial charge in [-0.15, -0.1) is 0 Å². The molecule has 3 aliphatic carbocycles. The lowest BCUT2D eigenvalue weighted by Gasteiger charge is -2.53. The highest BCUT2D eigenvalue weighted by Gasteiger charge is 2.58. The number of phenols is 1. The monoisotopic (exact) mass is 332 g/mol. The second-order valence-corrected chi connectivity index (χ2v) is 8.81. The van der Waals surface area contributed by atoms with Crippen LogP contribution in [0, 0.1) is 23.2 Å². The van der Waals surface area contributed by atoms with E-state index >= 15 is 4.39 Å². The van der Waals surface area contributed by atoms with Crippen LogP contribution in [0.25, 0.3) is 0 Å². The van der Waals surface area contributed by atoms with E-state index in [9.17, 15) is 10.2 Å². The zero-order valence-electron chi connectivity index (χ0n) is 14.7. The standard InChI is InChI=1S/C21H29FO2/c1-3-4-12-7-13-8-14(23)5-6-16(13)20-18(22)11-21(2)10-15(24)9-17(21)19(12)20/h5-6,8,12,15,17-20,23-24H,3-4,7,9-11H2,1-2H3/t12-,15-,17-,18-,19-,20-,21-/m0/s1. The highest BCUT2D eigenvalue weighted by molar-refractivity contribution is 5.41. The fourth-order valence-electron chi connectivity index (χ4n) is 6.47. The number of benzene rings is 1. The molecule has 3 heteroatoms. The van der Waals surface area contributed by atoms with Gasteiger partial charge in [-0.05, 0) is 72.1 Å². The average molecular weight is 332 g/mol. The molecular weight excluding hydrogens is 303 g/mol. The summed E-state index contributed by atoms with van der Waals surface area (Å²) in [6.45, 7) is 4.40. The van der Waals surface area contributed by atoms with Crippen molar-refractivity contribution in [2.45, 2.75) is 70.6 Å². The molecule has 24 heavy (non-hydrogen) atoms. The van der Waals surface area contributed by atoms with Crippen molar-refractivity contribution >= 4 is 0 Å². The normalized spacial score (nSPS) is 43.8. The van der Waals surface area contributed by atoms with Crippen molar-refractivity contribution in [3.63, 3.8) is 0 Å². The van der Waals surface area contributed by atoms with E-state index in [2.05, 4.69) is 13.8 Å². The Balaban J connectivity index is 1.80. The Bertz CT molecular complexity index is 630. The Morgan fingerprint density at radius 1 is 1.29 bits per heavy atom. The first-order valence-corrected chi connectivity index (χ1v) is 9.57. The fraction of sp³-hybridized carbons (Fsp3) is 0.714. The number of rotatable bonds is 2. The topological polar surface area (TPSA) is 40.5 Å². The van der Waals surface area contributed by atoms with E-state index in [1.165, 1.54) is 0 Å². The molecular formula is C21H29FO2. The van der Waals surface area contributed by atoms with Crippen LogP contribution in [0.2, 0.25) is 0 Å². The van der Waals surface area contributed by atoms with Gasteiger partial charge in [0, 0.05) is 5.92 Å². The van der Waals surface area contributed by atoms with Gasteiger partial charge in [-0.1, -0.05) is 32.8 Å². The number of aliphatic hydroxyl groups is 1. The third kappa shape index (κ3) is 2.39. The Morgan fingerprint density at radius 2 is 2.08 bits per heavy atom. The van der Waals surface area contributed by atoms with Crippen LogP contribution >= 0.6 is 0 Å². The molecule has 0 radical (unpaired) electrons. The molecule has 0 spiro atoms. The van der Waals surface area contributed by atoms with Crippen LogP contribution in [-0.4, -0.2) is 22.5 Å². The van der Waals surface area contributed by atoms with Gasteiger partial charge in [0.25, 0.3) is 0 Å². The number of phenolic OH excluding ortho intramolecular Hbond substituents is 1. The number of fused-ring (bicyclic) bond motifs is 5. The lowest BCUT2D eigenvalue weighted by molar-refractivity contribution is -0.0257. The van der Waals surface area contributed by atoms with Crippen LogP contribution in [0.1, 0.15) is 63.0 Å². The van der Waals surface area contributed by atoms with Crippen molar-refractivity contribution in [2.24, 2.45) is 23.2 Å². The van der Waals surface area contributed by atoms with Gasteiger partial charge < -0.3 is 10.2 Å². The van der Waals surface area contributed by atoms with Gasteiger partial charge in [-0.2, -0.15) is 0 Å². The van der Waals surface area contributed by atoms with Gasteiger partial charge in [0.2, 0.25) is 0 Å². The zero-order valence-corrected chi connectivity index (χ0v) is 14.7. The van der Waals surface area contributed by atoms with E-state index in [4.69, 9.17) is 0 Å². The molecule has 2 N–H and O–H groups in total. The Kier molecular flexibility index (Phi) is 3.91. The maximum Gasteiger partial charge on any atom is 0.115 e. The summed E-state index contributed by atoms with van der Waals surface area (Å²) in [4.78, 5) is 0. The molecule has 2 saturated carbocycles. The number of halogens is 1. The summed E-state index contributed by atoms with van der Waals surface area (Å²) in [5.41, 5.74) is 2.20. The first-order chi connectivity index (χ1) is 11.4. The van der Waals surface area contributed by atoms with Crippen LogP contribution in [0.15, 0.2) is 18.2 Å². The van der Waals surface area contributed by atoms with Crippen LogP contribution in [-0.2, 0) is 6.42 Å². The molecule has 0 saturated heterocycles. The molecule has 0 aliphatic heterocycles. The number of hydrogen-bond acceptors (Lipinski definition) is 2. The molecule has 2 fully saturated rings. The SMILES string of the molecule is CCC[C@H]1Cc2cc(O)ccc2[C@@H]2[C@@H]1[C@@H]1C[C@H](O)C[C@@]1(C)C[C@@H]2F. The molecule has 0 aromatic heterocycles. The van der Waals surface area contributed by atoms with Crippen molar-refractivity contribution < 1.29 is 14.6 Å². The summed E-state index contributed by atoms with van der Waals surface area (Å²) in [7, 11) is 0. The summed E-state index contributed by atoms with van der Waals surface area (Å²) in [5, 5.41) is 20.2. The zero-order chi connectivity index (χ0) is 17.1. The summed E-state index contributed by atoms with van der Waals surface area (Å²) in [6, 6.07) is 5.50. The number of hydrogen-bond donors (Lipinski definition) is 2. The molecule has 4 rings (SSSR count). The van der Waals surface area contributed by atoms with E-state index in [1.54, 1.807) is 6.07 Å². The lowest BCUT2D eigenvalue weighted by Crippen LogP contribution is -2.48. The fourth-order valence-corrected chi connectivity index (χ4v) is 6.47. The molecule has 0 heterocycles. The Morgan fingerprint density at radius 3 is 2.83 bits per heavy atom. The quantitative estimate of drug-likeness (QED) is 0.832. The Hall–Kier alpha value is -1.09. The van der Waals surface area contributed by atoms with Gasteiger partial charge in [0.05, 0.1) is 6.10 Å². The molecule has 1 aromatic carbocycles. The van der Waals surface area contributed by atoms with Gasteiger partial charge >= 0.3 is 0 Å². The van der Waals surface area contributed by atoms with Crippen molar-refractivity contribution in [1.82, 2.24) is 0 Å². The first-order valence-electron chi connectivity index (χ1n) is 9.57. The third-order valence-corrected chi connectivity index (χ3v) is 7.22. The average Bonchev–Trinajstić information content (AvgIpc) is 2.80. The van der Waals surface area contributed by atoms with Crippen molar-refractivity contribution in [3.05, 3.63) is 29.3 Å². The summed E-state index contributed by atoms with van der Waals surface area (Å²) >= 11 is 0. The predicted octanol–water partition coefficient (Wildman–Crippen LogP) is 4.58. The van der Waals surface area contributed by atoms with E-state index in [0.717, 1.165) is 43.2 Å². The maximum absolute atomic E-state index is 15.4. The minimum absolute atomic E-state index is 0.0551. The van der Waals surface area contributed by atoms with Gasteiger partial charge in [-0.3, -0.25) is 0 Å². The summed E-state index contributed by atoms with van der Waals surface area (Å²) in [6.07, 6.45) is 4.18. The van der Waals surface area contributed by atoms with Crippen molar-refractivity contribution in [1.29, 1.82) is 0 Å². The molecule has 7 atom stereocenters. The molecule has 0 unspecified atom stereocenters. The van der Waals surface area contributed by atoms with Crippen LogP contribution < -0.4 is 0 Å². The number of aromatic hydroxyl groups is 1. The van der Waals surface area contributed by atoms with Gasteiger partial charge in [-0.25, -0.2) is 4.39 Å². The minimum Gasteiger partial charge on any atom is -0.508 e. The van der Waals surface area contributed by atoms with E-state index in [1.807, 2.05) is 12.1 Å². The van der Waals surface area contributed by atoms with Crippen LogP contribution in [0.5, 0.6) is 5.75 Å². The largest absolute Gasteiger partial charge is 0.508 e. The van der Waals surface area contributed by atoms with Crippen molar-refractivity contribution in [2.75, 3.05) is 0 Å². The number of alkyl halides is 1.